The largest absolute Gasteiger partial charge is 0.507 e. The molecule has 1 aliphatic heterocycles. The van der Waals surface area contributed by atoms with Crippen LogP contribution in [0.4, 0.5) is 4.39 Å². The monoisotopic (exact) mass is 454 g/mol. The molecule has 0 aliphatic carbocycles. The molecule has 1 heterocycles. The highest BCUT2D eigenvalue weighted by Gasteiger charge is 2.45. The molecule has 6 nitrogen and oxygen atoms in total. The van der Waals surface area contributed by atoms with Gasteiger partial charge in [0.05, 0.1) is 17.7 Å². The van der Waals surface area contributed by atoms with Crippen LogP contribution in [0.2, 0.25) is 0 Å². The molecule has 1 amide bonds. The van der Waals surface area contributed by atoms with Gasteiger partial charge in [-0.15, -0.1) is 0 Å². The van der Waals surface area contributed by atoms with Crippen molar-refractivity contribution in [3.63, 3.8) is 0 Å². The number of ketones is 1. The summed E-state index contributed by atoms with van der Waals surface area (Å²) in [5.41, 5.74) is 1.79. The lowest BCUT2D eigenvalue weighted by molar-refractivity contribution is -0.139. The molecule has 0 spiro atoms. The fourth-order valence-corrected chi connectivity index (χ4v) is 4.00. The normalized spacial score (nSPS) is 17.9. The molecule has 1 saturated heterocycles. The zero-order valence-electron chi connectivity index (χ0n) is 19.8. The Kier molecular flexibility index (Phi) is 7.53. The molecule has 7 heteroatoms. The number of nitrogens with zero attached hydrogens (tertiary/aromatic N) is 2. The average molecular weight is 455 g/mol. The third kappa shape index (κ3) is 5.42. The van der Waals surface area contributed by atoms with E-state index in [0.29, 0.717) is 29.8 Å². The number of aliphatic hydroxyl groups excluding tert-OH is 1. The third-order valence-corrected chi connectivity index (χ3v) is 5.54. The first-order valence-corrected chi connectivity index (χ1v) is 11.1. The third-order valence-electron chi connectivity index (χ3n) is 5.54. The summed E-state index contributed by atoms with van der Waals surface area (Å²) in [4.78, 5) is 29.5. The number of carbonyl (C=O) groups is 2. The molecule has 1 atom stereocenters. The molecule has 1 N–H and O–H groups in total. The van der Waals surface area contributed by atoms with Gasteiger partial charge in [0.1, 0.15) is 17.3 Å². The van der Waals surface area contributed by atoms with Crippen LogP contribution in [-0.2, 0) is 9.59 Å². The summed E-state index contributed by atoms with van der Waals surface area (Å²) in [5, 5.41) is 11.2. The van der Waals surface area contributed by atoms with Gasteiger partial charge in [-0.05, 0) is 89.3 Å². The Bertz CT molecular complexity index is 1060. The number of hydrogen-bond acceptors (Lipinski definition) is 5. The minimum atomic E-state index is -0.792. The first-order chi connectivity index (χ1) is 15.6. The van der Waals surface area contributed by atoms with Crippen molar-refractivity contribution in [1.29, 1.82) is 0 Å². The Labute approximate surface area is 194 Å². The van der Waals surface area contributed by atoms with Gasteiger partial charge in [0.25, 0.3) is 11.7 Å². The van der Waals surface area contributed by atoms with Crippen LogP contribution < -0.4 is 4.74 Å². The lowest BCUT2D eigenvalue weighted by Crippen LogP contribution is -2.32. The van der Waals surface area contributed by atoms with Crippen LogP contribution in [0.25, 0.3) is 5.76 Å². The van der Waals surface area contributed by atoms with E-state index in [1.165, 1.54) is 17.0 Å². The summed E-state index contributed by atoms with van der Waals surface area (Å²) in [6.45, 7) is 6.77. The van der Waals surface area contributed by atoms with E-state index < -0.39 is 23.5 Å². The van der Waals surface area contributed by atoms with Gasteiger partial charge >= 0.3 is 0 Å². The van der Waals surface area contributed by atoms with E-state index in [-0.39, 0.29) is 17.4 Å². The van der Waals surface area contributed by atoms with Gasteiger partial charge in [-0.3, -0.25) is 9.59 Å². The van der Waals surface area contributed by atoms with Crippen molar-refractivity contribution in [2.24, 2.45) is 0 Å². The topological polar surface area (TPSA) is 70.1 Å². The van der Waals surface area contributed by atoms with Gasteiger partial charge in [-0.25, -0.2) is 4.39 Å². The van der Waals surface area contributed by atoms with E-state index in [9.17, 15) is 19.1 Å². The summed E-state index contributed by atoms with van der Waals surface area (Å²) >= 11 is 0. The second-order valence-corrected chi connectivity index (χ2v) is 8.85. The lowest BCUT2D eigenvalue weighted by Gasteiger charge is -2.26. The number of benzene rings is 2. The van der Waals surface area contributed by atoms with Crippen LogP contribution in [0.5, 0.6) is 5.75 Å². The molecule has 1 fully saturated rings. The molecule has 176 valence electrons. The number of halogens is 1. The van der Waals surface area contributed by atoms with Gasteiger partial charge in [0.2, 0.25) is 0 Å². The van der Waals surface area contributed by atoms with Gasteiger partial charge < -0.3 is 19.6 Å². The van der Waals surface area contributed by atoms with Crippen LogP contribution in [0.3, 0.4) is 0 Å². The number of hydrogen-bond donors (Lipinski definition) is 1. The Morgan fingerprint density at radius 1 is 1.15 bits per heavy atom. The Morgan fingerprint density at radius 2 is 1.82 bits per heavy atom. The summed E-state index contributed by atoms with van der Waals surface area (Å²) in [5.74, 6) is -1.40. The van der Waals surface area contributed by atoms with Crippen molar-refractivity contribution in [3.8, 4) is 5.75 Å². The SMILES string of the molecule is Cc1cc(/C(O)=C2\C(=O)C(=O)N(CCCN(C)C)[C@@H]2c2ccc(F)cc2)ccc1OC(C)C. The summed E-state index contributed by atoms with van der Waals surface area (Å²) in [6, 6.07) is 10.0. The van der Waals surface area contributed by atoms with Crippen LogP contribution in [0.1, 0.15) is 43.0 Å². The number of carbonyl (C=O) groups excluding carboxylic acids is 2. The highest BCUT2D eigenvalue weighted by atomic mass is 19.1. The minimum Gasteiger partial charge on any atom is -0.507 e. The van der Waals surface area contributed by atoms with Crippen molar-refractivity contribution < 1.29 is 23.8 Å². The predicted octanol–water partition coefficient (Wildman–Crippen LogP) is 4.29. The molecule has 33 heavy (non-hydrogen) atoms. The highest BCUT2D eigenvalue weighted by molar-refractivity contribution is 6.46. The van der Waals surface area contributed by atoms with Crippen LogP contribution in [-0.4, -0.2) is 59.9 Å². The molecule has 0 unspecified atom stereocenters. The first-order valence-electron chi connectivity index (χ1n) is 11.1. The number of ether oxygens (including phenoxy) is 1. The number of likely N-dealkylation sites (tertiary alicyclic amines) is 1. The van der Waals surface area contributed by atoms with Gasteiger partial charge in [-0.2, -0.15) is 0 Å². The van der Waals surface area contributed by atoms with Gasteiger partial charge in [0.15, 0.2) is 0 Å². The Balaban J connectivity index is 2.07. The number of Topliss-reactive ketones (excluding diaryl/α,β-unsaturated/α-hetero) is 1. The highest BCUT2D eigenvalue weighted by Crippen LogP contribution is 2.40. The standard InChI is InChI=1S/C26H31FN2O4/c1-16(2)33-21-12-9-19(15-17(21)3)24(30)22-23(18-7-10-20(27)11-8-18)29(26(32)25(22)31)14-6-13-28(4)5/h7-12,15-16,23,30H,6,13-14H2,1-5H3/b24-22+/t23-/m1/s1. The van der Waals surface area contributed by atoms with Gasteiger partial charge in [0, 0.05) is 12.1 Å². The lowest BCUT2D eigenvalue weighted by atomic mass is 9.94. The molecular weight excluding hydrogens is 423 g/mol. The van der Waals surface area contributed by atoms with E-state index in [4.69, 9.17) is 4.74 Å². The van der Waals surface area contributed by atoms with E-state index in [1.807, 2.05) is 39.8 Å². The fraction of sp³-hybridized carbons (Fsp3) is 0.385. The minimum absolute atomic E-state index is 0.00545. The fourth-order valence-electron chi connectivity index (χ4n) is 4.00. The molecule has 0 radical (unpaired) electrons. The van der Waals surface area contributed by atoms with Crippen LogP contribution >= 0.6 is 0 Å². The van der Waals surface area contributed by atoms with Crippen LogP contribution in [0.15, 0.2) is 48.0 Å². The Hall–Kier alpha value is -3.19. The van der Waals surface area contributed by atoms with Gasteiger partial charge in [-0.1, -0.05) is 12.1 Å². The molecule has 0 aromatic heterocycles. The number of aryl methyl sites for hydroxylation is 1. The molecule has 3 rings (SSSR count). The van der Waals surface area contributed by atoms with E-state index in [1.54, 1.807) is 30.3 Å². The second-order valence-electron chi connectivity index (χ2n) is 8.85. The van der Waals surface area contributed by atoms with E-state index >= 15 is 0 Å². The summed E-state index contributed by atoms with van der Waals surface area (Å²) in [6.07, 6.45) is 0.645. The van der Waals surface area contributed by atoms with E-state index in [2.05, 4.69) is 0 Å². The number of rotatable bonds is 8. The maximum Gasteiger partial charge on any atom is 0.295 e. The van der Waals surface area contributed by atoms with Crippen molar-refractivity contribution in [1.82, 2.24) is 9.80 Å². The number of aliphatic hydroxyl groups is 1. The van der Waals surface area contributed by atoms with Crippen LogP contribution in [0, 0.1) is 12.7 Å². The zero-order valence-corrected chi connectivity index (χ0v) is 19.8. The van der Waals surface area contributed by atoms with E-state index in [0.717, 1.165) is 12.1 Å². The molecule has 2 aromatic rings. The second kappa shape index (κ2) is 10.2. The molecular formula is C26H31FN2O4. The first kappa shape index (κ1) is 24.5. The average Bonchev–Trinajstić information content (AvgIpc) is 2.99. The molecule has 0 saturated carbocycles. The summed E-state index contributed by atoms with van der Waals surface area (Å²) < 4.78 is 19.3. The van der Waals surface area contributed by atoms with Crippen molar-refractivity contribution in [2.45, 2.75) is 39.3 Å². The Morgan fingerprint density at radius 3 is 2.39 bits per heavy atom. The zero-order chi connectivity index (χ0) is 24.3. The quantitative estimate of drug-likeness (QED) is 0.366. The summed E-state index contributed by atoms with van der Waals surface area (Å²) in [7, 11) is 3.86. The molecule has 1 aliphatic rings. The van der Waals surface area contributed by atoms with Crippen molar-refractivity contribution >= 4 is 17.4 Å². The number of amides is 1. The molecule has 2 aromatic carbocycles. The smallest absolute Gasteiger partial charge is 0.295 e. The maximum absolute atomic E-state index is 13.6. The predicted molar refractivity (Wildman–Crippen MR) is 126 cm³/mol. The maximum atomic E-state index is 13.6. The molecule has 0 bridgehead atoms. The van der Waals surface area contributed by atoms with Crippen molar-refractivity contribution in [2.75, 3.05) is 27.2 Å². The van der Waals surface area contributed by atoms with Crippen molar-refractivity contribution in [3.05, 3.63) is 70.5 Å².